The second-order valence-electron chi connectivity index (χ2n) is 4.01. The summed E-state index contributed by atoms with van der Waals surface area (Å²) in [6, 6.07) is 8.56. The lowest BCUT2D eigenvalue weighted by atomic mass is 10.1. The van der Waals surface area contributed by atoms with Gasteiger partial charge in [-0.15, -0.1) is 0 Å². The van der Waals surface area contributed by atoms with Crippen LogP contribution in [0.15, 0.2) is 40.9 Å². The van der Waals surface area contributed by atoms with E-state index < -0.39 is 17.7 Å². The molecular weight excluding hydrogens is 318 g/mol. The minimum Gasteiger partial charge on any atom is -0.454 e. The SMILES string of the molecule is CC(O)c1ccc(Oc2cccc(F)c2F)cc1Br. The third-order valence-corrected chi connectivity index (χ3v) is 3.25. The summed E-state index contributed by atoms with van der Waals surface area (Å²) < 4.78 is 32.4. The second kappa shape index (κ2) is 5.67. The van der Waals surface area contributed by atoms with E-state index in [1.807, 2.05) is 0 Å². The quantitative estimate of drug-likeness (QED) is 0.894. The van der Waals surface area contributed by atoms with Gasteiger partial charge in [0.2, 0.25) is 5.82 Å². The molecule has 0 heterocycles. The molecule has 1 unspecified atom stereocenters. The van der Waals surface area contributed by atoms with Crippen molar-refractivity contribution in [2.75, 3.05) is 0 Å². The smallest absolute Gasteiger partial charge is 0.201 e. The molecule has 19 heavy (non-hydrogen) atoms. The predicted molar refractivity (Wildman–Crippen MR) is 71.2 cm³/mol. The van der Waals surface area contributed by atoms with Crippen LogP contribution in [0.5, 0.6) is 11.5 Å². The molecule has 0 amide bonds. The van der Waals surface area contributed by atoms with E-state index in [2.05, 4.69) is 15.9 Å². The first-order valence-corrected chi connectivity index (χ1v) is 6.37. The Hall–Kier alpha value is -1.46. The van der Waals surface area contributed by atoms with E-state index in [0.29, 0.717) is 15.8 Å². The molecule has 2 aromatic carbocycles. The van der Waals surface area contributed by atoms with Crippen LogP contribution >= 0.6 is 15.9 Å². The van der Waals surface area contributed by atoms with Crippen molar-refractivity contribution >= 4 is 15.9 Å². The number of rotatable bonds is 3. The van der Waals surface area contributed by atoms with E-state index >= 15 is 0 Å². The number of aliphatic hydroxyl groups is 1. The van der Waals surface area contributed by atoms with E-state index in [0.717, 1.165) is 6.07 Å². The molecule has 100 valence electrons. The minimum atomic E-state index is -1.03. The van der Waals surface area contributed by atoms with Gasteiger partial charge in [0.1, 0.15) is 5.75 Å². The zero-order valence-corrected chi connectivity index (χ0v) is 11.6. The molecule has 0 spiro atoms. The molecular formula is C14H11BrF2O2. The first-order valence-electron chi connectivity index (χ1n) is 5.58. The molecule has 1 atom stereocenters. The van der Waals surface area contributed by atoms with Crippen LogP contribution in [0, 0.1) is 11.6 Å². The number of hydrogen-bond donors (Lipinski definition) is 1. The molecule has 5 heteroatoms. The summed E-state index contributed by atoms with van der Waals surface area (Å²) in [5, 5.41) is 9.49. The molecule has 2 rings (SSSR count). The molecule has 2 nitrogen and oxygen atoms in total. The summed E-state index contributed by atoms with van der Waals surface area (Å²) in [7, 11) is 0. The lowest BCUT2D eigenvalue weighted by Gasteiger charge is -2.11. The largest absolute Gasteiger partial charge is 0.454 e. The Morgan fingerprint density at radius 1 is 1.21 bits per heavy atom. The molecule has 0 saturated carbocycles. The second-order valence-corrected chi connectivity index (χ2v) is 4.87. The Labute approximate surface area is 117 Å². The Kier molecular flexibility index (Phi) is 4.17. The van der Waals surface area contributed by atoms with Gasteiger partial charge >= 0.3 is 0 Å². The van der Waals surface area contributed by atoms with Crippen LogP contribution in [0.25, 0.3) is 0 Å². The van der Waals surface area contributed by atoms with E-state index in [1.165, 1.54) is 12.1 Å². The fourth-order valence-corrected chi connectivity index (χ4v) is 2.29. The Morgan fingerprint density at radius 3 is 2.58 bits per heavy atom. The maximum atomic E-state index is 13.4. The third-order valence-electron chi connectivity index (χ3n) is 2.57. The summed E-state index contributed by atoms with van der Waals surface area (Å²) in [5.74, 6) is -1.83. The van der Waals surface area contributed by atoms with Crippen LogP contribution in [0.2, 0.25) is 0 Å². The van der Waals surface area contributed by atoms with Gasteiger partial charge in [0.25, 0.3) is 0 Å². The topological polar surface area (TPSA) is 29.5 Å². The van der Waals surface area contributed by atoms with Gasteiger partial charge < -0.3 is 9.84 Å². The van der Waals surface area contributed by atoms with Crippen molar-refractivity contribution in [2.24, 2.45) is 0 Å². The standard InChI is InChI=1S/C14H11BrF2O2/c1-8(18)10-6-5-9(7-11(10)15)19-13-4-2-3-12(16)14(13)17/h2-8,18H,1H3. The fourth-order valence-electron chi connectivity index (χ4n) is 1.60. The predicted octanol–water partition coefficient (Wildman–Crippen LogP) is 4.57. The Balaban J connectivity index is 2.29. The molecule has 0 radical (unpaired) electrons. The van der Waals surface area contributed by atoms with Crippen LogP contribution in [-0.2, 0) is 0 Å². The summed E-state index contributed by atoms with van der Waals surface area (Å²) in [6.07, 6.45) is -0.630. The van der Waals surface area contributed by atoms with E-state index in [1.54, 1.807) is 25.1 Å². The van der Waals surface area contributed by atoms with Crippen molar-refractivity contribution in [3.05, 3.63) is 58.1 Å². The number of benzene rings is 2. The number of halogens is 3. The maximum absolute atomic E-state index is 13.4. The lowest BCUT2D eigenvalue weighted by molar-refractivity contribution is 0.198. The molecule has 0 aliphatic rings. The van der Waals surface area contributed by atoms with Crippen molar-refractivity contribution in [1.29, 1.82) is 0 Å². The minimum absolute atomic E-state index is 0.184. The lowest BCUT2D eigenvalue weighted by Crippen LogP contribution is -1.95. The third kappa shape index (κ3) is 3.11. The fraction of sp³-hybridized carbons (Fsp3) is 0.143. The Bertz CT molecular complexity index is 600. The van der Waals surface area contributed by atoms with Gasteiger partial charge in [0, 0.05) is 4.47 Å². The Morgan fingerprint density at radius 2 is 1.95 bits per heavy atom. The van der Waals surface area contributed by atoms with Crippen molar-refractivity contribution in [3.63, 3.8) is 0 Å². The van der Waals surface area contributed by atoms with E-state index in [4.69, 9.17) is 4.74 Å². The molecule has 0 aromatic heterocycles. The highest BCUT2D eigenvalue weighted by atomic mass is 79.9. The summed E-state index contributed by atoms with van der Waals surface area (Å²) in [6.45, 7) is 1.63. The van der Waals surface area contributed by atoms with Crippen LogP contribution in [0.3, 0.4) is 0 Å². The van der Waals surface area contributed by atoms with E-state index in [-0.39, 0.29) is 5.75 Å². The van der Waals surface area contributed by atoms with Gasteiger partial charge in [-0.25, -0.2) is 4.39 Å². The highest BCUT2D eigenvalue weighted by Gasteiger charge is 2.11. The van der Waals surface area contributed by atoms with Gasteiger partial charge in [-0.2, -0.15) is 4.39 Å². The van der Waals surface area contributed by atoms with Crippen molar-refractivity contribution in [3.8, 4) is 11.5 Å². The molecule has 1 N–H and O–H groups in total. The molecule has 2 aromatic rings. The molecule has 0 saturated heterocycles. The molecule has 0 fully saturated rings. The van der Waals surface area contributed by atoms with Gasteiger partial charge in [0.15, 0.2) is 11.6 Å². The monoisotopic (exact) mass is 328 g/mol. The van der Waals surface area contributed by atoms with Crippen LogP contribution < -0.4 is 4.74 Å². The first-order chi connectivity index (χ1) is 8.99. The van der Waals surface area contributed by atoms with E-state index in [9.17, 15) is 13.9 Å². The van der Waals surface area contributed by atoms with Crippen molar-refractivity contribution in [2.45, 2.75) is 13.0 Å². The average Bonchev–Trinajstić information content (AvgIpc) is 2.34. The highest BCUT2D eigenvalue weighted by Crippen LogP contribution is 2.31. The van der Waals surface area contributed by atoms with Gasteiger partial charge in [-0.1, -0.05) is 28.1 Å². The number of aliphatic hydroxyl groups excluding tert-OH is 1. The molecule has 0 bridgehead atoms. The maximum Gasteiger partial charge on any atom is 0.201 e. The summed E-state index contributed by atoms with van der Waals surface area (Å²) in [4.78, 5) is 0. The van der Waals surface area contributed by atoms with Crippen molar-refractivity contribution < 1.29 is 18.6 Å². The van der Waals surface area contributed by atoms with Gasteiger partial charge in [-0.3, -0.25) is 0 Å². The first kappa shape index (κ1) is 14.0. The van der Waals surface area contributed by atoms with Crippen LogP contribution in [0.1, 0.15) is 18.6 Å². The number of hydrogen-bond acceptors (Lipinski definition) is 2. The zero-order valence-electron chi connectivity index (χ0n) is 10.0. The zero-order chi connectivity index (χ0) is 14.0. The van der Waals surface area contributed by atoms with Crippen LogP contribution in [0.4, 0.5) is 8.78 Å². The van der Waals surface area contributed by atoms with Crippen molar-refractivity contribution in [1.82, 2.24) is 0 Å². The normalized spacial score (nSPS) is 12.3. The molecule has 0 aliphatic heterocycles. The van der Waals surface area contributed by atoms with Gasteiger partial charge in [-0.05, 0) is 36.8 Å². The number of ether oxygens (including phenoxy) is 1. The summed E-state index contributed by atoms with van der Waals surface area (Å²) in [5.41, 5.74) is 0.687. The highest BCUT2D eigenvalue weighted by molar-refractivity contribution is 9.10. The summed E-state index contributed by atoms with van der Waals surface area (Å²) >= 11 is 3.29. The molecule has 0 aliphatic carbocycles. The van der Waals surface area contributed by atoms with Gasteiger partial charge in [0.05, 0.1) is 6.10 Å². The van der Waals surface area contributed by atoms with Crippen LogP contribution in [-0.4, -0.2) is 5.11 Å². The average molecular weight is 329 g/mol.